The molecule has 1 heterocycles. The number of aliphatic hydroxyl groups is 1. The molecule has 0 aromatic rings. The minimum Gasteiger partial charge on any atom is -0.501 e. The molecule has 0 aromatic heterocycles. The lowest BCUT2D eigenvalue weighted by molar-refractivity contribution is -0.142. The van der Waals surface area contributed by atoms with Crippen LogP contribution in [0.15, 0.2) is 11.3 Å². The van der Waals surface area contributed by atoms with Gasteiger partial charge in [-0.25, -0.2) is 9.59 Å². The Bertz CT molecular complexity index is 332. The zero-order valence-corrected chi connectivity index (χ0v) is 10.2. The minimum absolute atomic E-state index is 0.0472. The fraction of sp³-hybridized carbons (Fsp3) is 0.667. The summed E-state index contributed by atoms with van der Waals surface area (Å²) >= 11 is 0. The van der Waals surface area contributed by atoms with E-state index in [4.69, 9.17) is 4.74 Å². The maximum absolute atomic E-state index is 11.4. The van der Waals surface area contributed by atoms with E-state index in [9.17, 15) is 14.7 Å². The quantitative estimate of drug-likeness (QED) is 0.568. The molecule has 1 aliphatic rings. The van der Waals surface area contributed by atoms with Gasteiger partial charge in [0, 0.05) is 0 Å². The van der Waals surface area contributed by atoms with Crippen molar-refractivity contribution in [2.75, 3.05) is 7.11 Å². The van der Waals surface area contributed by atoms with Crippen molar-refractivity contribution in [3.63, 3.8) is 0 Å². The van der Waals surface area contributed by atoms with Crippen molar-refractivity contribution in [1.82, 2.24) is 0 Å². The Hall–Kier alpha value is -1.52. The normalized spacial score (nSPS) is 19.4. The number of hydrogen-bond acceptors (Lipinski definition) is 5. The second-order valence-electron chi connectivity index (χ2n) is 4.00. The maximum atomic E-state index is 11.4. The molecule has 1 atom stereocenters. The van der Waals surface area contributed by atoms with E-state index in [-0.39, 0.29) is 5.57 Å². The zero-order valence-electron chi connectivity index (χ0n) is 10.2. The lowest BCUT2D eigenvalue weighted by Gasteiger charge is -2.11. The molecule has 5 nitrogen and oxygen atoms in total. The van der Waals surface area contributed by atoms with Crippen molar-refractivity contribution >= 4 is 11.9 Å². The first-order valence-corrected chi connectivity index (χ1v) is 5.84. The van der Waals surface area contributed by atoms with Gasteiger partial charge in [0.25, 0.3) is 0 Å². The Morgan fingerprint density at radius 3 is 2.71 bits per heavy atom. The van der Waals surface area contributed by atoms with E-state index in [0.29, 0.717) is 6.42 Å². The van der Waals surface area contributed by atoms with Gasteiger partial charge in [0.05, 0.1) is 7.11 Å². The molecule has 0 radical (unpaired) electrons. The highest BCUT2D eigenvalue weighted by molar-refractivity contribution is 6.02. The SMILES string of the molecule is CCCCCCC1OC(=O)C(O)=C1C(=O)OC. The molecular weight excluding hydrogens is 224 g/mol. The van der Waals surface area contributed by atoms with Crippen LogP contribution in [-0.4, -0.2) is 30.3 Å². The van der Waals surface area contributed by atoms with Gasteiger partial charge in [0.1, 0.15) is 11.7 Å². The van der Waals surface area contributed by atoms with Crippen LogP contribution in [0.3, 0.4) is 0 Å². The van der Waals surface area contributed by atoms with Gasteiger partial charge in [-0.1, -0.05) is 26.2 Å². The predicted molar refractivity (Wildman–Crippen MR) is 60.3 cm³/mol. The third-order valence-corrected chi connectivity index (χ3v) is 2.74. The highest BCUT2D eigenvalue weighted by atomic mass is 16.6. The monoisotopic (exact) mass is 242 g/mol. The lowest BCUT2D eigenvalue weighted by Crippen LogP contribution is -2.18. The van der Waals surface area contributed by atoms with Gasteiger partial charge in [-0.3, -0.25) is 0 Å². The first-order valence-electron chi connectivity index (χ1n) is 5.84. The standard InChI is InChI=1S/C12H18O5/c1-3-4-5-6-7-8-9(11(14)16-2)10(13)12(15)17-8/h8,13H,3-7H2,1-2H3. The molecule has 17 heavy (non-hydrogen) atoms. The summed E-state index contributed by atoms with van der Waals surface area (Å²) in [5, 5.41) is 9.44. The summed E-state index contributed by atoms with van der Waals surface area (Å²) < 4.78 is 9.45. The van der Waals surface area contributed by atoms with Crippen LogP contribution >= 0.6 is 0 Å². The highest BCUT2D eigenvalue weighted by Crippen LogP contribution is 2.26. The molecular formula is C12H18O5. The summed E-state index contributed by atoms with van der Waals surface area (Å²) in [7, 11) is 1.21. The molecule has 0 bridgehead atoms. The van der Waals surface area contributed by atoms with Gasteiger partial charge in [0.2, 0.25) is 5.76 Å². The fourth-order valence-electron chi connectivity index (χ4n) is 1.80. The van der Waals surface area contributed by atoms with Crippen LogP contribution in [0.25, 0.3) is 0 Å². The van der Waals surface area contributed by atoms with Crippen LogP contribution in [0.4, 0.5) is 0 Å². The smallest absolute Gasteiger partial charge is 0.374 e. The van der Waals surface area contributed by atoms with Crippen molar-refractivity contribution in [3.05, 3.63) is 11.3 Å². The first kappa shape index (κ1) is 13.5. The van der Waals surface area contributed by atoms with Crippen LogP contribution < -0.4 is 0 Å². The summed E-state index contributed by atoms with van der Waals surface area (Å²) in [5.74, 6) is -2.16. The van der Waals surface area contributed by atoms with Crippen molar-refractivity contribution in [3.8, 4) is 0 Å². The number of carbonyl (C=O) groups excluding carboxylic acids is 2. The molecule has 0 spiro atoms. The van der Waals surface area contributed by atoms with Gasteiger partial charge in [-0.05, 0) is 12.8 Å². The summed E-state index contributed by atoms with van der Waals surface area (Å²) in [6.45, 7) is 2.10. The molecule has 0 saturated heterocycles. The Morgan fingerprint density at radius 2 is 2.12 bits per heavy atom. The van der Waals surface area contributed by atoms with E-state index in [2.05, 4.69) is 11.7 Å². The van der Waals surface area contributed by atoms with Crippen LogP contribution in [-0.2, 0) is 19.1 Å². The Labute approximate surface area is 100 Å². The number of ether oxygens (including phenoxy) is 2. The second kappa shape index (κ2) is 6.27. The molecule has 0 aliphatic carbocycles. The van der Waals surface area contributed by atoms with E-state index in [1.807, 2.05) is 0 Å². The van der Waals surface area contributed by atoms with Crippen molar-refractivity contribution in [2.24, 2.45) is 0 Å². The third-order valence-electron chi connectivity index (χ3n) is 2.74. The van der Waals surface area contributed by atoms with E-state index >= 15 is 0 Å². The van der Waals surface area contributed by atoms with E-state index in [1.165, 1.54) is 7.11 Å². The number of esters is 2. The average molecular weight is 242 g/mol. The molecule has 1 N–H and O–H groups in total. The zero-order chi connectivity index (χ0) is 12.8. The number of carbonyl (C=O) groups is 2. The molecule has 0 amide bonds. The fourth-order valence-corrected chi connectivity index (χ4v) is 1.80. The summed E-state index contributed by atoms with van der Waals surface area (Å²) in [6, 6.07) is 0. The van der Waals surface area contributed by atoms with E-state index < -0.39 is 23.8 Å². The maximum Gasteiger partial charge on any atom is 0.374 e. The molecule has 0 aromatic carbocycles. The van der Waals surface area contributed by atoms with Crippen molar-refractivity contribution in [1.29, 1.82) is 0 Å². The van der Waals surface area contributed by atoms with Gasteiger partial charge in [0.15, 0.2) is 0 Å². The van der Waals surface area contributed by atoms with Crippen LogP contribution in [0.5, 0.6) is 0 Å². The van der Waals surface area contributed by atoms with E-state index in [1.54, 1.807) is 0 Å². The summed E-state index contributed by atoms with van der Waals surface area (Å²) in [5.41, 5.74) is -0.0472. The number of methoxy groups -OCH3 is 1. The molecule has 1 rings (SSSR count). The van der Waals surface area contributed by atoms with E-state index in [0.717, 1.165) is 25.7 Å². The van der Waals surface area contributed by atoms with Crippen molar-refractivity contribution in [2.45, 2.75) is 45.1 Å². The molecule has 1 aliphatic heterocycles. The predicted octanol–water partition coefficient (Wildman–Crippen LogP) is 1.87. The first-order chi connectivity index (χ1) is 8.11. The van der Waals surface area contributed by atoms with Gasteiger partial charge in [-0.2, -0.15) is 0 Å². The molecule has 96 valence electrons. The number of hydrogen-bond donors (Lipinski definition) is 1. The van der Waals surface area contributed by atoms with Crippen LogP contribution in [0, 0.1) is 0 Å². The molecule has 1 unspecified atom stereocenters. The summed E-state index contributed by atoms with van der Waals surface area (Å²) in [6.07, 6.45) is 3.95. The van der Waals surface area contributed by atoms with Crippen molar-refractivity contribution < 1.29 is 24.2 Å². The molecule has 0 fully saturated rings. The minimum atomic E-state index is -0.842. The largest absolute Gasteiger partial charge is 0.501 e. The van der Waals surface area contributed by atoms with Gasteiger partial charge >= 0.3 is 11.9 Å². The molecule has 5 heteroatoms. The number of rotatable bonds is 6. The number of unbranched alkanes of at least 4 members (excludes halogenated alkanes) is 3. The third kappa shape index (κ3) is 3.22. The van der Waals surface area contributed by atoms with Gasteiger partial charge in [-0.15, -0.1) is 0 Å². The Balaban J connectivity index is 2.60. The van der Waals surface area contributed by atoms with Crippen LogP contribution in [0.2, 0.25) is 0 Å². The van der Waals surface area contributed by atoms with Crippen LogP contribution in [0.1, 0.15) is 39.0 Å². The Morgan fingerprint density at radius 1 is 1.41 bits per heavy atom. The summed E-state index contributed by atoms with van der Waals surface area (Å²) in [4.78, 5) is 22.6. The Kier molecular flexibility index (Phi) is 5.00. The highest BCUT2D eigenvalue weighted by Gasteiger charge is 2.38. The topological polar surface area (TPSA) is 72.8 Å². The van der Waals surface area contributed by atoms with Gasteiger partial charge < -0.3 is 14.6 Å². The number of aliphatic hydroxyl groups excluding tert-OH is 1. The average Bonchev–Trinajstić information content (AvgIpc) is 2.60. The number of cyclic esters (lactones) is 1. The second-order valence-corrected chi connectivity index (χ2v) is 4.00. The lowest BCUT2D eigenvalue weighted by atomic mass is 10.0. The molecule has 0 saturated carbocycles.